The molecular weight excluding hydrogens is 272 g/mol. The van der Waals surface area contributed by atoms with Crippen LogP contribution in [0.3, 0.4) is 0 Å². The third kappa shape index (κ3) is 7.04. The van der Waals surface area contributed by atoms with Gasteiger partial charge in [0.25, 0.3) is 0 Å². The van der Waals surface area contributed by atoms with Crippen molar-refractivity contribution in [3.63, 3.8) is 0 Å². The van der Waals surface area contributed by atoms with Gasteiger partial charge in [-0.2, -0.15) is 0 Å². The van der Waals surface area contributed by atoms with Crippen molar-refractivity contribution in [2.45, 2.75) is 65.3 Å². The zero-order chi connectivity index (χ0) is 15.0. The Kier molecular flexibility index (Phi) is 8.07. The minimum atomic E-state index is -3.10. The van der Waals surface area contributed by atoms with E-state index in [-0.39, 0.29) is 5.75 Å². The summed E-state index contributed by atoms with van der Waals surface area (Å²) in [6.45, 7) is 9.14. The van der Waals surface area contributed by atoms with Gasteiger partial charge < -0.3 is 0 Å². The minimum absolute atomic E-state index is 0.256. The predicted octanol–water partition coefficient (Wildman–Crippen LogP) is 2.61. The molecule has 0 aliphatic carbocycles. The van der Waals surface area contributed by atoms with Crippen LogP contribution in [-0.2, 0) is 10.0 Å². The van der Waals surface area contributed by atoms with Crippen LogP contribution in [0.1, 0.15) is 59.3 Å². The number of nitrogens with one attached hydrogen (secondary N) is 1. The molecule has 0 aromatic heterocycles. The molecule has 1 N–H and O–H groups in total. The Labute approximate surface area is 125 Å². The molecule has 20 heavy (non-hydrogen) atoms. The normalized spacial score (nSPS) is 21.5. The van der Waals surface area contributed by atoms with Crippen molar-refractivity contribution in [2.75, 3.05) is 25.4 Å². The van der Waals surface area contributed by atoms with Gasteiger partial charge in [-0.15, -0.1) is 0 Å². The number of rotatable bonds is 9. The number of hydrogen-bond donors (Lipinski definition) is 1. The number of likely N-dealkylation sites (tertiary alicyclic amines) is 1. The Bertz CT molecular complexity index is 355. The molecule has 1 aliphatic heterocycles. The maximum atomic E-state index is 12.0. The molecule has 0 saturated carbocycles. The van der Waals surface area contributed by atoms with E-state index < -0.39 is 10.0 Å². The zero-order valence-corrected chi connectivity index (χ0v) is 14.2. The van der Waals surface area contributed by atoms with Gasteiger partial charge in [-0.1, -0.05) is 33.6 Å². The van der Waals surface area contributed by atoms with E-state index in [9.17, 15) is 8.42 Å². The molecule has 1 unspecified atom stereocenters. The van der Waals surface area contributed by atoms with E-state index in [1.807, 2.05) is 0 Å². The van der Waals surface area contributed by atoms with Crippen LogP contribution in [-0.4, -0.2) is 44.7 Å². The highest BCUT2D eigenvalue weighted by atomic mass is 32.2. The van der Waals surface area contributed by atoms with E-state index in [2.05, 4.69) is 30.4 Å². The highest BCUT2D eigenvalue weighted by Gasteiger charge is 2.23. The number of piperidine rings is 1. The van der Waals surface area contributed by atoms with Crippen molar-refractivity contribution in [2.24, 2.45) is 5.92 Å². The standard InChI is InChI=1S/C15H32N2O2S/c1-4-5-10-17-11-7-6-8-15(17)13-16-20(18,19)12-9-14(2)3/h14-16H,4-13H2,1-3H3. The Morgan fingerprint density at radius 2 is 2.05 bits per heavy atom. The number of unbranched alkanes of at least 4 members (excludes halogenated alkanes) is 1. The fraction of sp³-hybridized carbons (Fsp3) is 1.00. The lowest BCUT2D eigenvalue weighted by Crippen LogP contribution is -2.47. The van der Waals surface area contributed by atoms with E-state index in [0.717, 1.165) is 25.9 Å². The van der Waals surface area contributed by atoms with Gasteiger partial charge in [0.05, 0.1) is 5.75 Å². The second-order valence-corrected chi connectivity index (χ2v) is 8.32. The summed E-state index contributed by atoms with van der Waals surface area (Å²) < 4.78 is 26.8. The van der Waals surface area contributed by atoms with Crippen LogP contribution in [0, 0.1) is 5.92 Å². The molecule has 5 heteroatoms. The molecule has 1 aliphatic rings. The third-order valence-electron chi connectivity index (χ3n) is 4.05. The average Bonchev–Trinajstić information content (AvgIpc) is 2.42. The van der Waals surface area contributed by atoms with Gasteiger partial charge >= 0.3 is 0 Å². The molecule has 0 bridgehead atoms. The lowest BCUT2D eigenvalue weighted by Gasteiger charge is -2.35. The van der Waals surface area contributed by atoms with Crippen LogP contribution in [0.25, 0.3) is 0 Å². The summed E-state index contributed by atoms with van der Waals surface area (Å²) in [6, 6.07) is 0.393. The van der Waals surface area contributed by atoms with Crippen LogP contribution in [0.2, 0.25) is 0 Å². The van der Waals surface area contributed by atoms with E-state index in [4.69, 9.17) is 0 Å². The second kappa shape index (κ2) is 9.00. The predicted molar refractivity (Wildman–Crippen MR) is 85.4 cm³/mol. The summed E-state index contributed by atoms with van der Waals surface area (Å²) in [5.74, 6) is 0.689. The van der Waals surface area contributed by atoms with Crippen LogP contribution < -0.4 is 4.72 Å². The van der Waals surface area contributed by atoms with Gasteiger partial charge in [0.2, 0.25) is 10.0 Å². The lowest BCUT2D eigenvalue weighted by molar-refractivity contribution is 0.148. The first kappa shape index (κ1) is 17.9. The maximum absolute atomic E-state index is 12.0. The van der Waals surface area contributed by atoms with Crippen LogP contribution in [0.4, 0.5) is 0 Å². The fourth-order valence-corrected chi connectivity index (χ4v) is 4.01. The Morgan fingerprint density at radius 3 is 2.70 bits per heavy atom. The molecule has 1 atom stereocenters. The summed E-state index contributed by atoms with van der Waals surface area (Å²) >= 11 is 0. The topological polar surface area (TPSA) is 49.4 Å². The molecule has 1 fully saturated rings. The molecule has 1 rings (SSSR count). The van der Waals surface area contributed by atoms with Crippen LogP contribution in [0.15, 0.2) is 0 Å². The van der Waals surface area contributed by atoms with Crippen molar-refractivity contribution in [3.05, 3.63) is 0 Å². The monoisotopic (exact) mass is 304 g/mol. The molecule has 1 heterocycles. The smallest absolute Gasteiger partial charge is 0.211 e. The van der Waals surface area contributed by atoms with Crippen LogP contribution in [0.5, 0.6) is 0 Å². The van der Waals surface area contributed by atoms with Gasteiger partial charge in [0.1, 0.15) is 0 Å². The summed E-state index contributed by atoms with van der Waals surface area (Å²) in [5, 5.41) is 0. The average molecular weight is 305 g/mol. The molecule has 0 spiro atoms. The van der Waals surface area contributed by atoms with Gasteiger partial charge in [-0.05, 0) is 44.7 Å². The number of hydrogen-bond acceptors (Lipinski definition) is 3. The summed E-state index contributed by atoms with van der Waals surface area (Å²) in [7, 11) is -3.10. The van der Waals surface area contributed by atoms with E-state index >= 15 is 0 Å². The molecular formula is C15H32N2O2S. The summed E-state index contributed by atoms with van der Waals surface area (Å²) in [6.07, 6.45) is 6.73. The Hall–Kier alpha value is -0.130. The lowest BCUT2D eigenvalue weighted by atomic mass is 10.0. The number of nitrogens with zero attached hydrogens (tertiary/aromatic N) is 1. The first-order valence-electron chi connectivity index (χ1n) is 8.16. The van der Waals surface area contributed by atoms with Gasteiger partial charge in [0, 0.05) is 12.6 Å². The SMILES string of the molecule is CCCCN1CCCCC1CNS(=O)(=O)CCC(C)C. The molecule has 0 aromatic rings. The first-order valence-corrected chi connectivity index (χ1v) is 9.81. The minimum Gasteiger partial charge on any atom is -0.299 e. The van der Waals surface area contributed by atoms with Crippen molar-refractivity contribution in [1.82, 2.24) is 9.62 Å². The fourth-order valence-electron chi connectivity index (χ4n) is 2.63. The molecule has 0 aromatic carbocycles. The van der Waals surface area contributed by atoms with Gasteiger partial charge in [0.15, 0.2) is 0 Å². The van der Waals surface area contributed by atoms with E-state index in [1.165, 1.54) is 25.7 Å². The zero-order valence-electron chi connectivity index (χ0n) is 13.4. The van der Waals surface area contributed by atoms with Crippen LogP contribution >= 0.6 is 0 Å². The Balaban J connectivity index is 2.40. The van der Waals surface area contributed by atoms with E-state index in [0.29, 0.717) is 18.5 Å². The van der Waals surface area contributed by atoms with E-state index in [1.54, 1.807) is 0 Å². The first-order chi connectivity index (χ1) is 9.44. The van der Waals surface area contributed by atoms with Gasteiger partial charge in [-0.3, -0.25) is 4.90 Å². The quantitative estimate of drug-likeness (QED) is 0.712. The number of sulfonamides is 1. The van der Waals surface area contributed by atoms with Crippen molar-refractivity contribution in [3.8, 4) is 0 Å². The molecule has 4 nitrogen and oxygen atoms in total. The van der Waals surface area contributed by atoms with Crippen molar-refractivity contribution in [1.29, 1.82) is 0 Å². The molecule has 0 amide bonds. The largest absolute Gasteiger partial charge is 0.299 e. The summed E-state index contributed by atoms with van der Waals surface area (Å²) in [4.78, 5) is 2.47. The second-order valence-electron chi connectivity index (χ2n) is 6.39. The Morgan fingerprint density at radius 1 is 1.30 bits per heavy atom. The highest BCUT2D eigenvalue weighted by Crippen LogP contribution is 2.17. The van der Waals surface area contributed by atoms with Gasteiger partial charge in [-0.25, -0.2) is 13.1 Å². The maximum Gasteiger partial charge on any atom is 0.211 e. The van der Waals surface area contributed by atoms with Crippen molar-refractivity contribution >= 4 is 10.0 Å². The summed E-state index contributed by atoms with van der Waals surface area (Å²) in [5.41, 5.74) is 0. The molecule has 1 saturated heterocycles. The highest BCUT2D eigenvalue weighted by molar-refractivity contribution is 7.89. The molecule has 120 valence electrons. The molecule has 0 radical (unpaired) electrons. The third-order valence-corrected chi connectivity index (χ3v) is 5.43. The van der Waals surface area contributed by atoms with Crippen molar-refractivity contribution < 1.29 is 8.42 Å².